The molecule has 1 atom stereocenters. The van der Waals surface area contributed by atoms with Gasteiger partial charge >= 0.3 is 0 Å². The van der Waals surface area contributed by atoms with Crippen molar-refractivity contribution in [1.82, 2.24) is 4.90 Å². The molecule has 1 heterocycles. The summed E-state index contributed by atoms with van der Waals surface area (Å²) in [5.41, 5.74) is 8.36. The Bertz CT molecular complexity index is 349. The van der Waals surface area contributed by atoms with Gasteiger partial charge in [-0.3, -0.25) is 4.90 Å². The molecule has 1 aliphatic heterocycles. The molecule has 0 amide bonds. The molecule has 3 heteroatoms. The molecule has 1 aromatic carbocycles. The average molecular weight is 269 g/mol. The molecule has 0 saturated carbocycles. The van der Waals surface area contributed by atoms with Crippen molar-refractivity contribution in [3.63, 3.8) is 0 Å². The molecule has 0 radical (unpaired) electrons. The summed E-state index contributed by atoms with van der Waals surface area (Å²) in [6, 6.07) is 7.03. The molecule has 1 unspecified atom stereocenters. The van der Waals surface area contributed by atoms with E-state index in [0.29, 0.717) is 6.04 Å². The van der Waals surface area contributed by atoms with Crippen molar-refractivity contribution in [1.29, 1.82) is 0 Å². The Kier molecular flexibility index (Phi) is 3.44. The first-order chi connectivity index (χ1) is 7.22. The summed E-state index contributed by atoms with van der Waals surface area (Å²) in [4.78, 5) is 2.44. The van der Waals surface area contributed by atoms with Gasteiger partial charge in [-0.15, -0.1) is 0 Å². The van der Waals surface area contributed by atoms with Gasteiger partial charge in [-0.1, -0.05) is 34.1 Å². The van der Waals surface area contributed by atoms with Gasteiger partial charge in [0.2, 0.25) is 0 Å². The van der Waals surface area contributed by atoms with Crippen LogP contribution < -0.4 is 5.73 Å². The van der Waals surface area contributed by atoms with Gasteiger partial charge in [0.05, 0.1) is 0 Å². The molecule has 2 N–H and O–H groups in total. The Morgan fingerprint density at radius 1 is 1.53 bits per heavy atom. The molecule has 0 aromatic heterocycles. The first kappa shape index (κ1) is 11.1. The molecule has 2 rings (SSSR count). The number of rotatable bonds is 3. The summed E-state index contributed by atoms with van der Waals surface area (Å²) >= 11 is 3.65. The number of likely N-dealkylation sites (tertiary alicyclic amines) is 1. The van der Waals surface area contributed by atoms with Crippen molar-refractivity contribution in [3.05, 3.63) is 33.8 Å². The van der Waals surface area contributed by atoms with Crippen LogP contribution in [0.1, 0.15) is 17.5 Å². The molecular formula is C12H17BrN2. The molecule has 0 aliphatic carbocycles. The van der Waals surface area contributed by atoms with E-state index in [1.54, 1.807) is 0 Å². The van der Waals surface area contributed by atoms with Gasteiger partial charge in [0.1, 0.15) is 0 Å². The maximum absolute atomic E-state index is 5.69. The van der Waals surface area contributed by atoms with E-state index in [4.69, 9.17) is 5.73 Å². The Morgan fingerprint density at radius 3 is 2.93 bits per heavy atom. The van der Waals surface area contributed by atoms with Gasteiger partial charge in [0, 0.05) is 30.1 Å². The van der Waals surface area contributed by atoms with Gasteiger partial charge < -0.3 is 5.73 Å². The summed E-state index contributed by atoms with van der Waals surface area (Å²) in [6.07, 6.45) is 1.25. The highest BCUT2D eigenvalue weighted by molar-refractivity contribution is 9.10. The van der Waals surface area contributed by atoms with Crippen molar-refractivity contribution in [3.8, 4) is 0 Å². The van der Waals surface area contributed by atoms with E-state index in [0.717, 1.165) is 13.1 Å². The lowest BCUT2D eigenvalue weighted by atomic mass is 10.0. The maximum Gasteiger partial charge on any atom is 0.0249 e. The van der Waals surface area contributed by atoms with Crippen LogP contribution in [0.3, 0.4) is 0 Å². The molecule has 1 aromatic rings. The van der Waals surface area contributed by atoms with Gasteiger partial charge in [-0.2, -0.15) is 0 Å². The zero-order valence-electron chi connectivity index (χ0n) is 9.04. The third-order valence-electron chi connectivity index (χ3n) is 3.18. The van der Waals surface area contributed by atoms with Crippen LogP contribution in [0.5, 0.6) is 0 Å². The topological polar surface area (TPSA) is 29.3 Å². The van der Waals surface area contributed by atoms with Crippen LogP contribution in [-0.2, 0) is 6.54 Å². The second-order valence-electron chi connectivity index (χ2n) is 4.20. The van der Waals surface area contributed by atoms with Crippen LogP contribution in [0, 0.1) is 6.92 Å². The van der Waals surface area contributed by atoms with Crippen LogP contribution in [0.15, 0.2) is 22.7 Å². The van der Waals surface area contributed by atoms with Crippen LogP contribution in [0.4, 0.5) is 0 Å². The number of nitrogens with zero attached hydrogens (tertiary/aromatic N) is 1. The number of hydrogen-bond donors (Lipinski definition) is 1. The SMILES string of the molecule is Cc1cccc(CN2CCC2CN)c1Br. The van der Waals surface area contributed by atoms with E-state index in [9.17, 15) is 0 Å². The first-order valence-electron chi connectivity index (χ1n) is 5.40. The van der Waals surface area contributed by atoms with E-state index in [-0.39, 0.29) is 0 Å². The predicted molar refractivity (Wildman–Crippen MR) is 66.7 cm³/mol. The second-order valence-corrected chi connectivity index (χ2v) is 4.99. The Balaban J connectivity index is 2.08. The highest BCUT2D eigenvalue weighted by Crippen LogP contribution is 2.26. The number of aryl methyl sites for hydroxylation is 1. The number of benzene rings is 1. The predicted octanol–water partition coefficient (Wildman–Crippen LogP) is 2.29. The standard InChI is InChI=1S/C12H17BrN2/c1-9-3-2-4-10(12(9)13)8-15-6-5-11(15)7-14/h2-4,11H,5-8,14H2,1H3. The molecular weight excluding hydrogens is 252 g/mol. The maximum atomic E-state index is 5.69. The van der Waals surface area contributed by atoms with Gasteiger partial charge in [0.25, 0.3) is 0 Å². The lowest BCUT2D eigenvalue weighted by molar-refractivity contribution is 0.0879. The van der Waals surface area contributed by atoms with Crippen LogP contribution in [-0.4, -0.2) is 24.0 Å². The van der Waals surface area contributed by atoms with E-state index in [1.807, 2.05) is 0 Å². The summed E-state index contributed by atoms with van der Waals surface area (Å²) < 4.78 is 1.24. The minimum Gasteiger partial charge on any atom is -0.329 e. The van der Waals surface area contributed by atoms with Crippen molar-refractivity contribution < 1.29 is 0 Å². The monoisotopic (exact) mass is 268 g/mol. The van der Waals surface area contributed by atoms with Gasteiger partial charge in [-0.05, 0) is 24.5 Å². The van der Waals surface area contributed by atoms with Crippen molar-refractivity contribution in [2.75, 3.05) is 13.1 Å². The molecule has 2 nitrogen and oxygen atoms in total. The Labute approximate surface area is 99.6 Å². The van der Waals surface area contributed by atoms with Crippen LogP contribution >= 0.6 is 15.9 Å². The smallest absolute Gasteiger partial charge is 0.0249 e. The Morgan fingerprint density at radius 2 is 2.33 bits per heavy atom. The number of hydrogen-bond acceptors (Lipinski definition) is 2. The third kappa shape index (κ3) is 2.25. The van der Waals surface area contributed by atoms with Gasteiger partial charge in [0.15, 0.2) is 0 Å². The molecule has 1 saturated heterocycles. The first-order valence-corrected chi connectivity index (χ1v) is 6.19. The fourth-order valence-corrected chi connectivity index (χ4v) is 2.41. The minimum absolute atomic E-state index is 0.595. The van der Waals surface area contributed by atoms with E-state index >= 15 is 0 Å². The molecule has 0 spiro atoms. The molecule has 0 bridgehead atoms. The summed E-state index contributed by atoms with van der Waals surface area (Å²) in [6.45, 7) is 5.11. The highest BCUT2D eigenvalue weighted by atomic mass is 79.9. The normalized spacial score (nSPS) is 21.4. The zero-order chi connectivity index (χ0) is 10.8. The molecule has 82 valence electrons. The van der Waals surface area contributed by atoms with Crippen molar-refractivity contribution in [2.24, 2.45) is 5.73 Å². The van der Waals surface area contributed by atoms with E-state index < -0.39 is 0 Å². The highest BCUT2D eigenvalue weighted by Gasteiger charge is 2.26. The van der Waals surface area contributed by atoms with Gasteiger partial charge in [-0.25, -0.2) is 0 Å². The summed E-state index contributed by atoms with van der Waals surface area (Å²) in [5, 5.41) is 0. The zero-order valence-corrected chi connectivity index (χ0v) is 10.6. The number of halogens is 1. The fourth-order valence-electron chi connectivity index (χ4n) is 2.02. The lowest BCUT2D eigenvalue weighted by Crippen LogP contribution is -2.50. The second kappa shape index (κ2) is 4.64. The molecule has 1 fully saturated rings. The van der Waals surface area contributed by atoms with Crippen molar-refractivity contribution in [2.45, 2.75) is 25.9 Å². The third-order valence-corrected chi connectivity index (χ3v) is 4.32. The minimum atomic E-state index is 0.595. The van der Waals surface area contributed by atoms with Crippen LogP contribution in [0.2, 0.25) is 0 Å². The fraction of sp³-hybridized carbons (Fsp3) is 0.500. The average Bonchev–Trinajstić information content (AvgIpc) is 2.19. The molecule has 1 aliphatic rings. The summed E-state index contributed by atoms with van der Waals surface area (Å²) in [7, 11) is 0. The summed E-state index contributed by atoms with van der Waals surface area (Å²) in [5.74, 6) is 0. The van der Waals surface area contributed by atoms with Crippen molar-refractivity contribution >= 4 is 15.9 Å². The lowest BCUT2D eigenvalue weighted by Gasteiger charge is -2.40. The molecule has 15 heavy (non-hydrogen) atoms. The quantitative estimate of drug-likeness (QED) is 0.912. The van der Waals surface area contributed by atoms with E-state index in [2.05, 4.69) is 46.0 Å². The van der Waals surface area contributed by atoms with E-state index in [1.165, 1.54) is 28.6 Å². The number of nitrogens with two attached hydrogens (primary N) is 1. The van der Waals surface area contributed by atoms with Crippen LogP contribution in [0.25, 0.3) is 0 Å². The largest absolute Gasteiger partial charge is 0.329 e. The Hall–Kier alpha value is -0.380.